The molecule has 1 heterocycles. The van der Waals surface area contributed by atoms with E-state index in [4.69, 9.17) is 4.74 Å². The zero-order valence-electron chi connectivity index (χ0n) is 17.3. The second-order valence-electron chi connectivity index (χ2n) is 9.11. The molecule has 2 aliphatic rings. The van der Waals surface area contributed by atoms with Gasteiger partial charge in [0.25, 0.3) is 0 Å². The Kier molecular flexibility index (Phi) is 5.69. The summed E-state index contributed by atoms with van der Waals surface area (Å²) in [4.78, 5) is 0. The summed E-state index contributed by atoms with van der Waals surface area (Å²) in [6.45, 7) is 11.2. The average Bonchev–Trinajstić information content (AvgIpc) is 2.57. The van der Waals surface area contributed by atoms with Gasteiger partial charge in [0, 0.05) is 17.4 Å². The lowest BCUT2D eigenvalue weighted by molar-refractivity contribution is 0.00749. The minimum absolute atomic E-state index is 0.190. The van der Waals surface area contributed by atoms with Crippen molar-refractivity contribution >= 4 is 0 Å². The van der Waals surface area contributed by atoms with Gasteiger partial charge in [-0.05, 0) is 63.6 Å². The van der Waals surface area contributed by atoms with Gasteiger partial charge >= 0.3 is 0 Å². The van der Waals surface area contributed by atoms with Gasteiger partial charge < -0.3 is 9.84 Å². The standard InChI is InChI=1S/C24H36O2/c1-6-7-8-9-10-17(3)18-14-21(25)23-19-13-16(2)11-12-20(19)24(4,5)26-22(23)15-18/h11,14-15,17,19-20,25H,6-10,12-13H2,1-5H3/t17-,19-,20-/m1/s1. The predicted octanol–water partition coefficient (Wildman–Crippen LogP) is 7.08. The molecule has 0 saturated carbocycles. The van der Waals surface area contributed by atoms with Crippen molar-refractivity contribution in [1.29, 1.82) is 0 Å². The molecule has 0 unspecified atom stereocenters. The summed E-state index contributed by atoms with van der Waals surface area (Å²) >= 11 is 0. The van der Waals surface area contributed by atoms with Crippen LogP contribution in [-0.4, -0.2) is 10.7 Å². The van der Waals surface area contributed by atoms with Crippen LogP contribution < -0.4 is 4.74 Å². The van der Waals surface area contributed by atoms with Crippen molar-refractivity contribution in [2.24, 2.45) is 5.92 Å². The number of aromatic hydroxyl groups is 1. The Morgan fingerprint density at radius 2 is 2.00 bits per heavy atom. The van der Waals surface area contributed by atoms with Crippen LogP contribution in [-0.2, 0) is 0 Å². The summed E-state index contributed by atoms with van der Waals surface area (Å²) < 4.78 is 6.45. The van der Waals surface area contributed by atoms with Gasteiger partial charge in [0.1, 0.15) is 17.1 Å². The topological polar surface area (TPSA) is 29.5 Å². The number of phenols is 1. The Morgan fingerprint density at radius 3 is 2.73 bits per heavy atom. The Bertz CT molecular complexity index is 671. The van der Waals surface area contributed by atoms with Crippen LogP contribution in [0.15, 0.2) is 23.8 Å². The molecule has 26 heavy (non-hydrogen) atoms. The molecular weight excluding hydrogens is 320 g/mol. The Morgan fingerprint density at radius 1 is 1.23 bits per heavy atom. The molecule has 0 bridgehead atoms. The summed E-state index contributed by atoms with van der Waals surface area (Å²) in [5.74, 6) is 2.62. The van der Waals surface area contributed by atoms with Crippen molar-refractivity contribution in [1.82, 2.24) is 0 Å². The van der Waals surface area contributed by atoms with Crippen molar-refractivity contribution in [3.8, 4) is 11.5 Å². The number of ether oxygens (including phenoxy) is 1. The fraction of sp³-hybridized carbons (Fsp3) is 0.667. The highest BCUT2D eigenvalue weighted by Gasteiger charge is 2.45. The number of hydrogen-bond acceptors (Lipinski definition) is 2. The largest absolute Gasteiger partial charge is 0.508 e. The molecule has 2 nitrogen and oxygen atoms in total. The molecular formula is C24H36O2. The summed E-state index contributed by atoms with van der Waals surface area (Å²) in [7, 11) is 0. The van der Waals surface area contributed by atoms with E-state index in [9.17, 15) is 5.11 Å². The van der Waals surface area contributed by atoms with Crippen molar-refractivity contribution in [2.75, 3.05) is 0 Å². The molecule has 0 radical (unpaired) electrons. The highest BCUT2D eigenvalue weighted by Crippen LogP contribution is 2.54. The van der Waals surface area contributed by atoms with Crippen LogP contribution in [0.2, 0.25) is 0 Å². The van der Waals surface area contributed by atoms with Crippen LogP contribution in [0.1, 0.15) is 103 Å². The lowest BCUT2D eigenvalue weighted by Crippen LogP contribution is -2.45. The molecule has 0 saturated heterocycles. The second kappa shape index (κ2) is 7.66. The summed E-state index contributed by atoms with van der Waals surface area (Å²) in [6.07, 6.45) is 10.7. The van der Waals surface area contributed by atoms with Crippen molar-refractivity contribution < 1.29 is 9.84 Å². The Hall–Kier alpha value is -1.44. The number of fused-ring (bicyclic) bond motifs is 3. The van der Waals surface area contributed by atoms with Gasteiger partial charge in [0.2, 0.25) is 0 Å². The number of hydrogen-bond donors (Lipinski definition) is 1. The maximum absolute atomic E-state index is 10.9. The van der Waals surface area contributed by atoms with E-state index in [0.717, 1.165) is 24.2 Å². The normalized spacial score (nSPS) is 24.9. The molecule has 2 heteroatoms. The zero-order chi connectivity index (χ0) is 18.9. The molecule has 3 atom stereocenters. The maximum atomic E-state index is 10.9. The molecule has 3 rings (SSSR count). The van der Waals surface area contributed by atoms with E-state index in [1.165, 1.54) is 43.2 Å². The number of rotatable bonds is 6. The lowest BCUT2D eigenvalue weighted by atomic mass is 9.67. The van der Waals surface area contributed by atoms with Crippen LogP contribution >= 0.6 is 0 Å². The van der Waals surface area contributed by atoms with Gasteiger partial charge in [0.05, 0.1) is 0 Å². The second-order valence-corrected chi connectivity index (χ2v) is 9.11. The Labute approximate surface area is 159 Å². The first-order chi connectivity index (χ1) is 12.3. The van der Waals surface area contributed by atoms with Crippen LogP contribution in [0.25, 0.3) is 0 Å². The Balaban J connectivity index is 1.87. The first-order valence-corrected chi connectivity index (χ1v) is 10.5. The average molecular weight is 357 g/mol. The molecule has 1 N–H and O–H groups in total. The molecule has 0 amide bonds. The summed E-state index contributed by atoms with van der Waals surface area (Å²) in [6, 6.07) is 4.22. The van der Waals surface area contributed by atoms with Crippen LogP contribution in [0.4, 0.5) is 0 Å². The third-order valence-electron chi connectivity index (χ3n) is 6.59. The predicted molar refractivity (Wildman–Crippen MR) is 109 cm³/mol. The first kappa shape index (κ1) is 19.3. The van der Waals surface area contributed by atoms with Crippen LogP contribution in [0.5, 0.6) is 11.5 Å². The number of benzene rings is 1. The van der Waals surface area contributed by atoms with Gasteiger partial charge in [-0.25, -0.2) is 0 Å². The van der Waals surface area contributed by atoms with Gasteiger partial charge in [-0.1, -0.05) is 51.2 Å². The highest BCUT2D eigenvalue weighted by atomic mass is 16.5. The SMILES string of the molecule is CCCCCC[C@@H](C)c1cc(O)c2c(c1)OC(C)(C)[C@@H]1CC=C(C)C[C@@H]21. The number of unbranched alkanes of at least 4 members (excludes halogenated alkanes) is 3. The monoisotopic (exact) mass is 356 g/mol. The third-order valence-corrected chi connectivity index (χ3v) is 6.59. The molecule has 0 fully saturated rings. The van der Waals surface area contributed by atoms with Gasteiger partial charge in [0.15, 0.2) is 0 Å². The first-order valence-electron chi connectivity index (χ1n) is 10.5. The molecule has 0 aromatic heterocycles. The number of allylic oxidation sites excluding steroid dienone is 2. The molecule has 1 aliphatic heterocycles. The van der Waals surface area contributed by atoms with E-state index in [-0.39, 0.29) is 5.60 Å². The van der Waals surface area contributed by atoms with Gasteiger partial charge in [-0.3, -0.25) is 0 Å². The summed E-state index contributed by atoms with van der Waals surface area (Å²) in [5, 5.41) is 10.9. The molecule has 144 valence electrons. The van der Waals surface area contributed by atoms with Crippen LogP contribution in [0, 0.1) is 5.92 Å². The van der Waals surface area contributed by atoms with Crippen molar-refractivity contribution in [3.05, 3.63) is 34.9 Å². The summed E-state index contributed by atoms with van der Waals surface area (Å²) in [5.41, 5.74) is 3.51. The maximum Gasteiger partial charge on any atom is 0.127 e. The molecule has 1 aromatic rings. The van der Waals surface area contributed by atoms with Gasteiger partial charge in [-0.15, -0.1) is 0 Å². The van der Waals surface area contributed by atoms with Gasteiger partial charge in [-0.2, -0.15) is 0 Å². The smallest absolute Gasteiger partial charge is 0.127 e. The van der Waals surface area contributed by atoms with Crippen molar-refractivity contribution in [2.45, 2.75) is 97.0 Å². The number of phenolic OH excluding ortho intramolecular Hbond substituents is 1. The third kappa shape index (κ3) is 3.80. The van der Waals surface area contributed by atoms with E-state index in [0.29, 0.717) is 23.5 Å². The van der Waals surface area contributed by atoms with Crippen molar-refractivity contribution in [3.63, 3.8) is 0 Å². The fourth-order valence-corrected chi connectivity index (χ4v) is 4.91. The molecule has 1 aromatic carbocycles. The molecule has 0 spiro atoms. The zero-order valence-corrected chi connectivity index (χ0v) is 17.3. The molecule has 1 aliphatic carbocycles. The van der Waals surface area contributed by atoms with E-state index >= 15 is 0 Å². The van der Waals surface area contributed by atoms with E-state index in [1.54, 1.807) is 0 Å². The highest BCUT2D eigenvalue weighted by molar-refractivity contribution is 5.53. The quantitative estimate of drug-likeness (QED) is 0.436. The minimum atomic E-state index is -0.190. The van der Waals surface area contributed by atoms with E-state index < -0.39 is 0 Å². The minimum Gasteiger partial charge on any atom is -0.508 e. The lowest BCUT2D eigenvalue weighted by Gasteiger charge is -2.47. The van der Waals surface area contributed by atoms with E-state index in [2.05, 4.69) is 46.8 Å². The van der Waals surface area contributed by atoms with E-state index in [1.807, 2.05) is 6.07 Å². The van der Waals surface area contributed by atoms with Crippen LogP contribution in [0.3, 0.4) is 0 Å². The fourth-order valence-electron chi connectivity index (χ4n) is 4.91.